The maximum atomic E-state index is 12.9. The Morgan fingerprint density at radius 1 is 0.967 bits per heavy atom. The lowest BCUT2D eigenvalue weighted by Crippen LogP contribution is -2.41. The quantitative estimate of drug-likeness (QED) is 0.789. The van der Waals surface area contributed by atoms with E-state index < -0.39 is 18.3 Å². The molecule has 6 nitrogen and oxygen atoms in total. The number of hydrogen-bond acceptors (Lipinski definition) is 5. The maximum absolute atomic E-state index is 12.9. The van der Waals surface area contributed by atoms with Gasteiger partial charge in [-0.15, -0.1) is 0 Å². The van der Waals surface area contributed by atoms with Gasteiger partial charge in [0.2, 0.25) is 0 Å². The smallest absolute Gasteiger partial charge is 0.399 e. The van der Waals surface area contributed by atoms with Crippen molar-refractivity contribution in [3.8, 4) is 0 Å². The highest BCUT2D eigenvalue weighted by atomic mass is 16.7. The van der Waals surface area contributed by atoms with Crippen molar-refractivity contribution >= 4 is 29.9 Å². The summed E-state index contributed by atoms with van der Waals surface area (Å²) in [4.78, 5) is 15.1. The third kappa shape index (κ3) is 4.24. The van der Waals surface area contributed by atoms with Gasteiger partial charge in [0.05, 0.1) is 24.4 Å². The third-order valence-electron chi connectivity index (χ3n) is 6.15. The molecule has 2 aliphatic rings. The molecule has 2 aromatic carbocycles. The Labute approximate surface area is 178 Å². The molecule has 0 unspecified atom stereocenters. The van der Waals surface area contributed by atoms with Crippen LogP contribution in [0.4, 0.5) is 11.4 Å². The van der Waals surface area contributed by atoms with E-state index in [9.17, 15) is 4.79 Å². The molecule has 1 amide bonds. The predicted molar refractivity (Wildman–Crippen MR) is 120 cm³/mol. The van der Waals surface area contributed by atoms with Gasteiger partial charge >= 0.3 is 7.12 Å². The molecule has 7 heteroatoms. The van der Waals surface area contributed by atoms with E-state index in [-0.39, 0.29) is 5.91 Å². The normalized spacial score (nSPS) is 20.3. The zero-order chi connectivity index (χ0) is 21.4. The van der Waals surface area contributed by atoms with Crippen LogP contribution in [-0.2, 0) is 14.0 Å². The van der Waals surface area contributed by atoms with Crippen LogP contribution in [0.1, 0.15) is 38.1 Å². The molecule has 0 radical (unpaired) electrons. The second-order valence-corrected chi connectivity index (χ2v) is 8.82. The topological polar surface area (TPSA) is 60.0 Å². The number of benzene rings is 2. The van der Waals surface area contributed by atoms with Gasteiger partial charge in [-0.3, -0.25) is 4.79 Å². The Bertz CT molecular complexity index is 909. The summed E-state index contributed by atoms with van der Waals surface area (Å²) >= 11 is 0. The van der Waals surface area contributed by atoms with E-state index in [2.05, 4.69) is 10.2 Å². The Hall–Kier alpha value is -2.35. The summed E-state index contributed by atoms with van der Waals surface area (Å²) in [5, 5.41) is 3.00. The molecular formula is C23H29BN2O4. The van der Waals surface area contributed by atoms with Crippen molar-refractivity contribution in [1.29, 1.82) is 0 Å². The van der Waals surface area contributed by atoms with E-state index in [1.165, 1.54) is 0 Å². The lowest BCUT2D eigenvalue weighted by atomic mass is 9.79. The number of nitrogens with one attached hydrogen (secondary N) is 1. The first-order valence-electron chi connectivity index (χ1n) is 10.4. The summed E-state index contributed by atoms with van der Waals surface area (Å²) in [5.41, 5.74) is 2.45. The molecule has 0 aliphatic carbocycles. The number of rotatable bonds is 4. The molecule has 1 N–H and O–H groups in total. The monoisotopic (exact) mass is 408 g/mol. The summed E-state index contributed by atoms with van der Waals surface area (Å²) in [6, 6.07) is 15.3. The summed E-state index contributed by atoms with van der Waals surface area (Å²) < 4.78 is 17.7. The van der Waals surface area contributed by atoms with Crippen molar-refractivity contribution in [3.05, 3.63) is 54.1 Å². The molecule has 2 aliphatic heterocycles. The van der Waals surface area contributed by atoms with Gasteiger partial charge in [-0.1, -0.05) is 18.2 Å². The van der Waals surface area contributed by atoms with Crippen LogP contribution in [-0.4, -0.2) is 50.5 Å². The third-order valence-corrected chi connectivity index (χ3v) is 6.15. The number of carbonyl (C=O) groups excluding carboxylic acids is 1. The number of amides is 1. The molecule has 4 rings (SSSR count). The SMILES string of the molecule is CC1(C)OB(c2cccc(NC(=O)c3cccc(N4CCOCC4)c3)c2)OC1(C)C. The van der Waals surface area contributed by atoms with Gasteiger partial charge in [-0.05, 0) is 63.5 Å². The van der Waals surface area contributed by atoms with E-state index >= 15 is 0 Å². The Morgan fingerprint density at radius 2 is 1.63 bits per heavy atom. The van der Waals surface area contributed by atoms with Crippen LogP contribution in [0.15, 0.2) is 48.5 Å². The minimum Gasteiger partial charge on any atom is -0.399 e. The largest absolute Gasteiger partial charge is 0.494 e. The molecule has 2 fully saturated rings. The number of ether oxygens (including phenoxy) is 1. The minimum atomic E-state index is -0.462. The Kier molecular flexibility index (Phi) is 5.62. The molecule has 0 bridgehead atoms. The second-order valence-electron chi connectivity index (χ2n) is 8.82. The predicted octanol–water partition coefficient (Wildman–Crippen LogP) is 3.07. The van der Waals surface area contributed by atoms with Crippen molar-refractivity contribution in [3.63, 3.8) is 0 Å². The van der Waals surface area contributed by atoms with E-state index in [1.807, 2.05) is 76.2 Å². The van der Waals surface area contributed by atoms with Gasteiger partial charge in [-0.25, -0.2) is 0 Å². The number of nitrogens with zero attached hydrogens (tertiary/aromatic N) is 1. The van der Waals surface area contributed by atoms with Crippen molar-refractivity contribution in [1.82, 2.24) is 0 Å². The van der Waals surface area contributed by atoms with Gasteiger partial charge in [0.15, 0.2) is 0 Å². The molecule has 30 heavy (non-hydrogen) atoms. The fourth-order valence-electron chi connectivity index (χ4n) is 3.61. The number of carbonyl (C=O) groups is 1. The van der Waals surface area contributed by atoms with Crippen molar-refractivity contribution in [2.45, 2.75) is 38.9 Å². The summed E-state index contributed by atoms with van der Waals surface area (Å²) in [5.74, 6) is -0.142. The average molecular weight is 408 g/mol. The van der Waals surface area contributed by atoms with Crippen molar-refractivity contribution < 1.29 is 18.8 Å². The lowest BCUT2D eigenvalue weighted by molar-refractivity contribution is 0.00578. The number of hydrogen-bond donors (Lipinski definition) is 1. The first-order valence-corrected chi connectivity index (χ1v) is 10.4. The summed E-state index contributed by atoms with van der Waals surface area (Å²) in [7, 11) is -0.462. The average Bonchev–Trinajstić information content (AvgIpc) is 2.96. The lowest BCUT2D eigenvalue weighted by Gasteiger charge is -2.32. The minimum absolute atomic E-state index is 0.142. The van der Waals surface area contributed by atoms with Crippen LogP contribution in [0.25, 0.3) is 0 Å². The summed E-state index contributed by atoms with van der Waals surface area (Å²) in [6.45, 7) is 11.2. The first kappa shape index (κ1) is 20.9. The highest BCUT2D eigenvalue weighted by Gasteiger charge is 2.51. The van der Waals surface area contributed by atoms with Crippen molar-refractivity contribution in [2.75, 3.05) is 36.5 Å². The first-order chi connectivity index (χ1) is 14.2. The molecule has 2 saturated heterocycles. The zero-order valence-corrected chi connectivity index (χ0v) is 18.1. The van der Waals surface area contributed by atoms with E-state index in [0.29, 0.717) is 24.5 Å². The molecular weight excluding hydrogens is 379 g/mol. The Balaban J connectivity index is 1.47. The zero-order valence-electron chi connectivity index (χ0n) is 18.1. The van der Waals surface area contributed by atoms with Gasteiger partial charge in [-0.2, -0.15) is 0 Å². The highest BCUT2D eigenvalue weighted by Crippen LogP contribution is 2.36. The summed E-state index contributed by atoms with van der Waals surface area (Å²) in [6.07, 6.45) is 0. The fraction of sp³-hybridized carbons (Fsp3) is 0.435. The van der Waals surface area contributed by atoms with Crippen LogP contribution in [0.2, 0.25) is 0 Å². The van der Waals surface area contributed by atoms with Gasteiger partial charge in [0.25, 0.3) is 5.91 Å². The van der Waals surface area contributed by atoms with Crippen LogP contribution in [0.5, 0.6) is 0 Å². The molecule has 0 saturated carbocycles. The van der Waals surface area contributed by atoms with E-state index in [0.717, 1.165) is 24.2 Å². The van der Waals surface area contributed by atoms with Gasteiger partial charge < -0.3 is 24.3 Å². The molecule has 0 atom stereocenters. The van der Waals surface area contributed by atoms with Crippen LogP contribution < -0.4 is 15.7 Å². The van der Waals surface area contributed by atoms with Gasteiger partial charge in [0.1, 0.15) is 0 Å². The molecule has 158 valence electrons. The number of morpholine rings is 1. The van der Waals surface area contributed by atoms with Gasteiger partial charge in [0, 0.05) is 30.0 Å². The highest BCUT2D eigenvalue weighted by molar-refractivity contribution is 6.62. The molecule has 0 spiro atoms. The van der Waals surface area contributed by atoms with Crippen LogP contribution >= 0.6 is 0 Å². The van der Waals surface area contributed by atoms with Crippen molar-refractivity contribution in [2.24, 2.45) is 0 Å². The standard InChI is InChI=1S/C23H29BN2O4/c1-22(2)23(3,4)30-24(29-22)18-8-6-9-19(16-18)25-21(27)17-7-5-10-20(15-17)26-11-13-28-14-12-26/h5-10,15-16H,11-14H2,1-4H3,(H,25,27). The Morgan fingerprint density at radius 3 is 2.33 bits per heavy atom. The van der Waals surface area contributed by atoms with Crippen LogP contribution in [0.3, 0.4) is 0 Å². The maximum Gasteiger partial charge on any atom is 0.494 e. The fourth-order valence-corrected chi connectivity index (χ4v) is 3.61. The molecule has 0 aromatic heterocycles. The second kappa shape index (κ2) is 8.06. The van der Waals surface area contributed by atoms with Crippen LogP contribution in [0, 0.1) is 0 Å². The van der Waals surface area contributed by atoms with E-state index in [1.54, 1.807) is 0 Å². The molecule has 2 heterocycles. The van der Waals surface area contributed by atoms with E-state index in [4.69, 9.17) is 14.0 Å². The molecule has 2 aromatic rings. The number of anilines is 2.